The number of hydrogen-bond donors (Lipinski definition) is 2. The van der Waals surface area contributed by atoms with E-state index in [1.165, 1.54) is 0 Å². The van der Waals surface area contributed by atoms with E-state index in [1.807, 2.05) is 56.3 Å². The Bertz CT molecular complexity index is 566. The van der Waals surface area contributed by atoms with Crippen molar-refractivity contribution in [1.82, 2.24) is 10.3 Å². The summed E-state index contributed by atoms with van der Waals surface area (Å²) >= 11 is 0. The molecule has 2 N–H and O–H groups in total. The number of nitrogens with zero attached hydrogens (tertiary/aromatic N) is 1. The van der Waals surface area contributed by atoms with Gasteiger partial charge in [-0.25, -0.2) is 0 Å². The lowest BCUT2D eigenvalue weighted by molar-refractivity contribution is -0.120. The van der Waals surface area contributed by atoms with E-state index in [1.54, 1.807) is 6.20 Å². The summed E-state index contributed by atoms with van der Waals surface area (Å²) in [6, 6.07) is 14.0. The van der Waals surface area contributed by atoms with Crippen molar-refractivity contribution in [1.29, 1.82) is 0 Å². The van der Waals surface area contributed by atoms with Crippen LogP contribution in [0.3, 0.4) is 0 Å². The second kappa shape index (κ2) is 7.43. The molecule has 1 aromatic carbocycles. The lowest BCUT2D eigenvalue weighted by Crippen LogP contribution is -2.35. The summed E-state index contributed by atoms with van der Waals surface area (Å²) in [7, 11) is 0. The maximum atomic E-state index is 11.9. The SMILES string of the molecule is Cc1ccc(CC(=O)NC[C@H](C)Nc2ccccc2)cn1. The first-order valence-electron chi connectivity index (χ1n) is 7.13. The number of nitrogens with one attached hydrogen (secondary N) is 2. The summed E-state index contributed by atoms with van der Waals surface area (Å²) in [5.74, 6) is 0.0161. The van der Waals surface area contributed by atoms with Crippen LogP contribution in [0.2, 0.25) is 0 Å². The highest BCUT2D eigenvalue weighted by molar-refractivity contribution is 5.78. The molecule has 1 heterocycles. The quantitative estimate of drug-likeness (QED) is 0.856. The van der Waals surface area contributed by atoms with Crippen molar-refractivity contribution >= 4 is 11.6 Å². The number of rotatable bonds is 6. The summed E-state index contributed by atoms with van der Waals surface area (Å²) in [4.78, 5) is 16.1. The van der Waals surface area contributed by atoms with Gasteiger partial charge >= 0.3 is 0 Å². The second-order valence-electron chi connectivity index (χ2n) is 5.20. The van der Waals surface area contributed by atoms with Gasteiger partial charge in [0.2, 0.25) is 5.91 Å². The van der Waals surface area contributed by atoms with Gasteiger partial charge in [-0.15, -0.1) is 0 Å². The zero-order chi connectivity index (χ0) is 15.1. The fourth-order valence-corrected chi connectivity index (χ4v) is 1.99. The molecule has 2 rings (SSSR count). The van der Waals surface area contributed by atoms with Gasteiger partial charge in [0.05, 0.1) is 6.42 Å². The third-order valence-electron chi connectivity index (χ3n) is 3.13. The maximum absolute atomic E-state index is 11.9. The van der Waals surface area contributed by atoms with Gasteiger partial charge in [-0.05, 0) is 37.6 Å². The van der Waals surface area contributed by atoms with E-state index in [0.717, 1.165) is 16.9 Å². The summed E-state index contributed by atoms with van der Waals surface area (Å²) < 4.78 is 0. The van der Waals surface area contributed by atoms with Crippen LogP contribution in [0.25, 0.3) is 0 Å². The van der Waals surface area contributed by atoms with Gasteiger partial charge in [0, 0.05) is 30.2 Å². The predicted molar refractivity (Wildman–Crippen MR) is 85.2 cm³/mol. The summed E-state index contributed by atoms with van der Waals surface area (Å²) in [5, 5.41) is 6.28. The molecule has 0 saturated heterocycles. The average Bonchev–Trinajstić information content (AvgIpc) is 2.49. The van der Waals surface area contributed by atoms with Crippen LogP contribution in [-0.4, -0.2) is 23.5 Å². The number of aromatic nitrogens is 1. The molecule has 0 aliphatic carbocycles. The smallest absolute Gasteiger partial charge is 0.224 e. The molecule has 0 radical (unpaired) electrons. The summed E-state index contributed by atoms with van der Waals surface area (Å²) in [5.41, 5.74) is 2.95. The monoisotopic (exact) mass is 283 g/mol. The first-order valence-corrected chi connectivity index (χ1v) is 7.13. The van der Waals surface area contributed by atoms with E-state index >= 15 is 0 Å². The Morgan fingerprint density at radius 3 is 2.62 bits per heavy atom. The number of hydrogen-bond acceptors (Lipinski definition) is 3. The molecule has 0 unspecified atom stereocenters. The zero-order valence-electron chi connectivity index (χ0n) is 12.5. The van der Waals surface area contributed by atoms with Gasteiger partial charge in [-0.3, -0.25) is 9.78 Å². The van der Waals surface area contributed by atoms with Crippen LogP contribution < -0.4 is 10.6 Å². The molecule has 0 aliphatic heterocycles. The van der Waals surface area contributed by atoms with Gasteiger partial charge in [-0.1, -0.05) is 24.3 Å². The fraction of sp³-hybridized carbons (Fsp3) is 0.294. The molecule has 1 aromatic heterocycles. The Morgan fingerprint density at radius 2 is 1.95 bits per heavy atom. The second-order valence-corrected chi connectivity index (χ2v) is 5.20. The number of benzene rings is 1. The van der Waals surface area contributed by atoms with Crippen molar-refractivity contribution in [3.05, 3.63) is 59.9 Å². The van der Waals surface area contributed by atoms with Gasteiger partial charge in [0.1, 0.15) is 0 Å². The van der Waals surface area contributed by atoms with Gasteiger partial charge in [-0.2, -0.15) is 0 Å². The Kier molecular flexibility index (Phi) is 5.32. The number of aryl methyl sites for hydroxylation is 1. The number of pyridine rings is 1. The number of amides is 1. The molecule has 0 fully saturated rings. The number of carbonyl (C=O) groups is 1. The molecule has 2 aromatic rings. The molecule has 110 valence electrons. The van der Waals surface area contributed by atoms with Crippen LogP contribution in [0.5, 0.6) is 0 Å². The highest BCUT2D eigenvalue weighted by Crippen LogP contribution is 2.06. The van der Waals surface area contributed by atoms with Crippen LogP contribution in [0, 0.1) is 6.92 Å². The highest BCUT2D eigenvalue weighted by Gasteiger charge is 2.06. The number of anilines is 1. The Hall–Kier alpha value is -2.36. The first kappa shape index (κ1) is 15.0. The zero-order valence-corrected chi connectivity index (χ0v) is 12.5. The largest absolute Gasteiger partial charge is 0.381 e. The molecule has 4 nitrogen and oxygen atoms in total. The molecule has 21 heavy (non-hydrogen) atoms. The fourth-order valence-electron chi connectivity index (χ4n) is 1.99. The molecule has 0 bridgehead atoms. The van der Waals surface area contributed by atoms with Crippen molar-refractivity contribution in [3.8, 4) is 0 Å². The lowest BCUT2D eigenvalue weighted by Gasteiger charge is -2.16. The average molecular weight is 283 g/mol. The van der Waals surface area contributed by atoms with Gasteiger partial charge < -0.3 is 10.6 Å². The number of para-hydroxylation sites is 1. The first-order chi connectivity index (χ1) is 10.1. The summed E-state index contributed by atoms with van der Waals surface area (Å²) in [6.45, 7) is 4.56. The molecular weight excluding hydrogens is 262 g/mol. The van der Waals surface area contributed by atoms with Crippen molar-refractivity contribution in [2.24, 2.45) is 0 Å². The van der Waals surface area contributed by atoms with Crippen molar-refractivity contribution in [2.75, 3.05) is 11.9 Å². The van der Waals surface area contributed by atoms with Crippen LogP contribution in [0.1, 0.15) is 18.2 Å². The molecule has 0 spiro atoms. The molecule has 4 heteroatoms. The van der Waals surface area contributed by atoms with E-state index in [9.17, 15) is 4.79 Å². The normalized spacial score (nSPS) is 11.7. The maximum Gasteiger partial charge on any atom is 0.224 e. The van der Waals surface area contributed by atoms with Crippen molar-refractivity contribution in [2.45, 2.75) is 26.3 Å². The Labute approximate surface area is 125 Å². The number of carbonyl (C=O) groups excluding carboxylic acids is 1. The highest BCUT2D eigenvalue weighted by atomic mass is 16.1. The van der Waals surface area contributed by atoms with Gasteiger partial charge in [0.25, 0.3) is 0 Å². The lowest BCUT2D eigenvalue weighted by atomic mass is 10.2. The third kappa shape index (κ3) is 5.26. The minimum absolute atomic E-state index is 0.0161. The minimum atomic E-state index is 0.0161. The van der Waals surface area contributed by atoms with E-state index in [4.69, 9.17) is 0 Å². The van der Waals surface area contributed by atoms with Gasteiger partial charge in [0.15, 0.2) is 0 Å². The van der Waals surface area contributed by atoms with Crippen LogP contribution >= 0.6 is 0 Å². The molecule has 1 amide bonds. The predicted octanol–water partition coefficient (Wildman–Crippen LogP) is 2.55. The van der Waals surface area contributed by atoms with Crippen LogP contribution in [0.4, 0.5) is 5.69 Å². The van der Waals surface area contributed by atoms with E-state index in [2.05, 4.69) is 15.6 Å². The standard InChI is InChI=1S/C17H21N3O/c1-13-8-9-15(12-18-13)10-17(21)19-11-14(2)20-16-6-4-3-5-7-16/h3-9,12,14,20H,10-11H2,1-2H3,(H,19,21)/t14-/m0/s1. The molecule has 0 aliphatic rings. The molecular formula is C17H21N3O. The topological polar surface area (TPSA) is 54.0 Å². The Morgan fingerprint density at radius 1 is 1.19 bits per heavy atom. The Balaban J connectivity index is 1.74. The summed E-state index contributed by atoms with van der Waals surface area (Å²) in [6.07, 6.45) is 2.12. The molecule has 0 saturated carbocycles. The van der Waals surface area contributed by atoms with Crippen LogP contribution in [0.15, 0.2) is 48.7 Å². The third-order valence-corrected chi connectivity index (χ3v) is 3.13. The van der Waals surface area contributed by atoms with Crippen molar-refractivity contribution in [3.63, 3.8) is 0 Å². The minimum Gasteiger partial charge on any atom is -0.381 e. The van der Waals surface area contributed by atoms with E-state index in [-0.39, 0.29) is 11.9 Å². The van der Waals surface area contributed by atoms with Crippen molar-refractivity contribution < 1.29 is 4.79 Å². The molecule has 1 atom stereocenters. The van der Waals surface area contributed by atoms with E-state index < -0.39 is 0 Å². The van der Waals surface area contributed by atoms with Crippen LogP contribution in [-0.2, 0) is 11.2 Å². The van der Waals surface area contributed by atoms with E-state index in [0.29, 0.717) is 13.0 Å².